The molecule has 0 fully saturated rings. The lowest BCUT2D eigenvalue weighted by molar-refractivity contribution is -0.384. The van der Waals surface area contributed by atoms with E-state index >= 15 is 0 Å². The average Bonchev–Trinajstić information content (AvgIpc) is 2.46. The molecule has 2 aromatic rings. The molecule has 0 aliphatic rings. The maximum Gasteiger partial charge on any atom is 0.311 e. The van der Waals surface area contributed by atoms with Crippen LogP contribution in [0, 0.1) is 15.9 Å². The Bertz CT molecular complexity index is 616. The number of hydrogen-bond acceptors (Lipinski definition) is 4. The van der Waals surface area contributed by atoms with Gasteiger partial charge in [-0.1, -0.05) is 12.1 Å². The van der Waals surface area contributed by atoms with E-state index in [1.54, 1.807) is 24.1 Å². The quantitative estimate of drug-likeness (QED) is 0.634. The van der Waals surface area contributed by atoms with E-state index in [0.29, 0.717) is 0 Å². The zero-order valence-electron chi connectivity index (χ0n) is 11.2. The van der Waals surface area contributed by atoms with Gasteiger partial charge in [0.1, 0.15) is 5.82 Å². The molecule has 5 nitrogen and oxygen atoms in total. The highest BCUT2D eigenvalue weighted by Gasteiger charge is 2.22. The highest BCUT2D eigenvalue weighted by Crippen LogP contribution is 2.30. The van der Waals surface area contributed by atoms with Gasteiger partial charge in [-0.05, 0) is 30.7 Å². The molecule has 1 unspecified atom stereocenters. The van der Waals surface area contributed by atoms with Gasteiger partial charge in [-0.2, -0.15) is 0 Å². The van der Waals surface area contributed by atoms with Crippen molar-refractivity contribution in [2.75, 3.05) is 11.9 Å². The van der Waals surface area contributed by atoms with E-state index in [4.69, 9.17) is 0 Å². The lowest BCUT2D eigenvalue weighted by Gasteiger charge is -2.25. The fraction of sp³-hybridized carbons (Fsp3) is 0.214. The minimum absolute atomic E-state index is 0.0519. The standard InChI is InChI=1S/C14H14FN3O2/c1-10(11-5-7-12(15)8-6-11)17(2)14-13(18(19)20)4-3-9-16-14/h3-10H,1-2H3. The fourth-order valence-electron chi connectivity index (χ4n) is 1.95. The van der Waals surface area contributed by atoms with Crippen LogP contribution >= 0.6 is 0 Å². The van der Waals surface area contributed by atoms with Gasteiger partial charge in [-0.15, -0.1) is 0 Å². The van der Waals surface area contributed by atoms with Crippen molar-refractivity contribution in [2.24, 2.45) is 0 Å². The normalized spacial score (nSPS) is 11.9. The number of nitro groups is 1. The maximum atomic E-state index is 12.9. The molecule has 0 aliphatic heterocycles. The number of aromatic nitrogens is 1. The number of halogens is 1. The van der Waals surface area contributed by atoms with Gasteiger partial charge in [0, 0.05) is 19.3 Å². The summed E-state index contributed by atoms with van der Waals surface area (Å²) in [5, 5.41) is 11.0. The topological polar surface area (TPSA) is 59.3 Å². The maximum absolute atomic E-state index is 12.9. The second-order valence-corrected chi connectivity index (χ2v) is 4.44. The van der Waals surface area contributed by atoms with E-state index in [-0.39, 0.29) is 23.4 Å². The van der Waals surface area contributed by atoms with Crippen molar-refractivity contribution < 1.29 is 9.31 Å². The Balaban J connectivity index is 2.33. The van der Waals surface area contributed by atoms with Gasteiger partial charge in [-0.3, -0.25) is 10.1 Å². The molecule has 0 spiro atoms. The summed E-state index contributed by atoms with van der Waals surface area (Å²) in [5.41, 5.74) is 0.804. The first-order valence-corrected chi connectivity index (χ1v) is 6.08. The molecule has 1 atom stereocenters. The van der Waals surface area contributed by atoms with Crippen molar-refractivity contribution in [3.8, 4) is 0 Å². The second-order valence-electron chi connectivity index (χ2n) is 4.44. The molecule has 1 heterocycles. The molecule has 20 heavy (non-hydrogen) atoms. The summed E-state index contributed by atoms with van der Waals surface area (Å²) in [6.45, 7) is 1.88. The van der Waals surface area contributed by atoms with Crippen LogP contribution < -0.4 is 4.90 Å². The van der Waals surface area contributed by atoms with Gasteiger partial charge in [-0.25, -0.2) is 9.37 Å². The Morgan fingerprint density at radius 3 is 2.55 bits per heavy atom. The monoisotopic (exact) mass is 275 g/mol. The summed E-state index contributed by atoms with van der Waals surface area (Å²) in [6.07, 6.45) is 1.51. The van der Waals surface area contributed by atoms with Gasteiger partial charge in [0.2, 0.25) is 5.82 Å². The number of rotatable bonds is 4. The van der Waals surface area contributed by atoms with Gasteiger partial charge >= 0.3 is 5.69 Å². The molecule has 0 radical (unpaired) electrons. The number of hydrogen-bond donors (Lipinski definition) is 0. The largest absolute Gasteiger partial charge is 0.347 e. The molecule has 0 aliphatic carbocycles. The molecule has 2 rings (SSSR count). The minimum Gasteiger partial charge on any atom is -0.347 e. The SMILES string of the molecule is CC(c1ccc(F)cc1)N(C)c1ncccc1[N+](=O)[O-]. The highest BCUT2D eigenvalue weighted by molar-refractivity contribution is 5.58. The third kappa shape index (κ3) is 2.74. The van der Waals surface area contributed by atoms with E-state index in [1.165, 1.54) is 30.5 Å². The predicted octanol–water partition coefficient (Wildman–Crippen LogP) is 3.33. The number of anilines is 1. The summed E-state index contributed by atoms with van der Waals surface area (Å²) in [7, 11) is 1.73. The van der Waals surface area contributed by atoms with Crippen LogP contribution in [0.5, 0.6) is 0 Å². The highest BCUT2D eigenvalue weighted by atomic mass is 19.1. The van der Waals surface area contributed by atoms with Crippen molar-refractivity contribution in [2.45, 2.75) is 13.0 Å². The predicted molar refractivity (Wildman–Crippen MR) is 74.1 cm³/mol. The molecule has 0 bridgehead atoms. The lowest BCUT2D eigenvalue weighted by Crippen LogP contribution is -2.23. The molecule has 1 aromatic heterocycles. The van der Waals surface area contributed by atoms with Gasteiger partial charge in [0.25, 0.3) is 0 Å². The molecular formula is C14H14FN3O2. The Hall–Kier alpha value is -2.50. The van der Waals surface area contributed by atoms with Crippen LogP contribution in [0.15, 0.2) is 42.6 Å². The molecule has 0 N–H and O–H groups in total. The molecule has 0 saturated carbocycles. The van der Waals surface area contributed by atoms with Crippen LogP contribution in [-0.4, -0.2) is 17.0 Å². The second kappa shape index (κ2) is 5.64. The Morgan fingerprint density at radius 1 is 1.30 bits per heavy atom. The number of pyridine rings is 1. The van der Waals surface area contributed by atoms with Gasteiger partial charge in [0.15, 0.2) is 0 Å². The van der Waals surface area contributed by atoms with E-state index in [9.17, 15) is 14.5 Å². The summed E-state index contributed by atoms with van der Waals surface area (Å²) in [5.74, 6) is -0.0262. The van der Waals surface area contributed by atoms with Crippen molar-refractivity contribution in [1.29, 1.82) is 0 Å². The molecule has 104 valence electrons. The first-order valence-electron chi connectivity index (χ1n) is 6.08. The molecule has 1 aromatic carbocycles. The van der Waals surface area contributed by atoms with Gasteiger partial charge < -0.3 is 4.90 Å². The zero-order chi connectivity index (χ0) is 14.7. The van der Waals surface area contributed by atoms with Crippen molar-refractivity contribution in [3.63, 3.8) is 0 Å². The zero-order valence-corrected chi connectivity index (χ0v) is 11.2. The summed E-state index contributed by atoms with van der Waals surface area (Å²) < 4.78 is 12.9. The van der Waals surface area contributed by atoms with E-state index in [2.05, 4.69) is 4.98 Å². The van der Waals surface area contributed by atoms with E-state index in [1.807, 2.05) is 6.92 Å². The molecule has 0 saturated heterocycles. The van der Waals surface area contributed by atoms with Gasteiger partial charge in [0.05, 0.1) is 11.0 Å². The minimum atomic E-state index is -0.462. The molecule has 0 amide bonds. The van der Waals surface area contributed by atoms with Crippen molar-refractivity contribution >= 4 is 11.5 Å². The van der Waals surface area contributed by atoms with Crippen LogP contribution in [0.2, 0.25) is 0 Å². The van der Waals surface area contributed by atoms with E-state index < -0.39 is 4.92 Å². The molecule has 6 heteroatoms. The smallest absolute Gasteiger partial charge is 0.311 e. The van der Waals surface area contributed by atoms with Crippen molar-refractivity contribution in [1.82, 2.24) is 4.98 Å². The number of benzene rings is 1. The van der Waals surface area contributed by atoms with E-state index in [0.717, 1.165) is 5.56 Å². The fourth-order valence-corrected chi connectivity index (χ4v) is 1.95. The third-order valence-electron chi connectivity index (χ3n) is 3.23. The number of nitrogens with zero attached hydrogens (tertiary/aromatic N) is 3. The summed E-state index contributed by atoms with van der Waals surface area (Å²) in [4.78, 5) is 16.3. The molecular weight excluding hydrogens is 261 g/mol. The summed E-state index contributed by atoms with van der Waals surface area (Å²) in [6, 6.07) is 8.83. The third-order valence-corrected chi connectivity index (χ3v) is 3.23. The Kier molecular flexibility index (Phi) is 3.93. The summed E-state index contributed by atoms with van der Waals surface area (Å²) >= 11 is 0. The Morgan fingerprint density at radius 2 is 1.95 bits per heavy atom. The lowest BCUT2D eigenvalue weighted by atomic mass is 10.1. The van der Waals surface area contributed by atoms with Crippen LogP contribution in [0.4, 0.5) is 15.9 Å². The van der Waals surface area contributed by atoms with Crippen LogP contribution in [0.3, 0.4) is 0 Å². The van der Waals surface area contributed by atoms with Crippen LogP contribution in [0.25, 0.3) is 0 Å². The first-order chi connectivity index (χ1) is 9.50. The van der Waals surface area contributed by atoms with Crippen molar-refractivity contribution in [3.05, 3.63) is 64.1 Å². The average molecular weight is 275 g/mol. The first kappa shape index (κ1) is 13.9. The van der Waals surface area contributed by atoms with Crippen LogP contribution in [0.1, 0.15) is 18.5 Å². The van der Waals surface area contributed by atoms with Crippen LogP contribution in [-0.2, 0) is 0 Å². The Labute approximate surface area is 115 Å².